The molecule has 1 aliphatic carbocycles. The molecule has 4 heteroatoms. The highest BCUT2D eigenvalue weighted by Crippen LogP contribution is 2.45. The van der Waals surface area contributed by atoms with E-state index in [9.17, 15) is 10.5 Å². The molecule has 0 radical (unpaired) electrons. The molecule has 1 aliphatic heterocycles. The monoisotopic (exact) mass is 652 g/mol. The van der Waals surface area contributed by atoms with Crippen molar-refractivity contribution in [3.8, 4) is 29.0 Å². The number of hydrogen-bond acceptors (Lipinski definition) is 3. The SMILES string of the molecule is Cc1ccc(C2=CC(N3c4ccccc4Cc4cc(C#N)ccc43)=CCC(C#N)=C2)c(-c2ccccc2-n2c3ccccc3c3ccccc32)c1. The minimum Gasteiger partial charge on any atom is -0.310 e. The normalized spacial score (nSPS) is 13.7. The highest BCUT2D eigenvalue weighted by Gasteiger charge is 2.26. The molecule has 0 fully saturated rings. The van der Waals surface area contributed by atoms with Crippen molar-refractivity contribution in [3.05, 3.63) is 191 Å². The molecular formula is C47H32N4. The van der Waals surface area contributed by atoms with Gasteiger partial charge in [0.15, 0.2) is 0 Å². The quantitative estimate of drug-likeness (QED) is 0.190. The number of benzene rings is 6. The number of fused-ring (bicyclic) bond motifs is 5. The maximum Gasteiger partial charge on any atom is 0.0991 e. The number of aromatic nitrogens is 1. The van der Waals surface area contributed by atoms with Crippen molar-refractivity contribution in [2.45, 2.75) is 19.8 Å². The standard InChI is InChI=1S/C47H32N4/c1-31-18-22-38(42(24-31)41-13-5-9-17-47(41)51-45-15-7-3-11-39(45)40-12-4-8-16-46(40)51)35-25-32(29-48)19-21-37(28-35)50-43-14-6-2-10-34(43)27-36-26-33(30-49)20-23-44(36)50/h2-18,20-26,28H,19,27H2,1H3. The topological polar surface area (TPSA) is 55.8 Å². The average Bonchev–Trinajstić information content (AvgIpc) is 3.35. The van der Waals surface area contributed by atoms with Crippen molar-refractivity contribution >= 4 is 38.8 Å². The number of rotatable bonds is 4. The van der Waals surface area contributed by atoms with Crippen LogP contribution < -0.4 is 4.90 Å². The molecule has 51 heavy (non-hydrogen) atoms. The zero-order valence-corrected chi connectivity index (χ0v) is 28.1. The van der Waals surface area contributed by atoms with Crippen LogP contribution in [0.3, 0.4) is 0 Å². The zero-order valence-electron chi connectivity index (χ0n) is 28.1. The van der Waals surface area contributed by atoms with E-state index in [1.807, 2.05) is 12.1 Å². The minimum absolute atomic E-state index is 0.509. The lowest BCUT2D eigenvalue weighted by Gasteiger charge is -2.34. The Hall–Kier alpha value is -6.88. The van der Waals surface area contributed by atoms with E-state index < -0.39 is 0 Å². The molecule has 7 aromatic rings. The molecule has 0 unspecified atom stereocenters. The van der Waals surface area contributed by atoms with Gasteiger partial charge >= 0.3 is 0 Å². The summed E-state index contributed by atoms with van der Waals surface area (Å²) in [6.45, 7) is 2.14. The van der Waals surface area contributed by atoms with Gasteiger partial charge in [0.05, 0.1) is 34.4 Å². The van der Waals surface area contributed by atoms with Gasteiger partial charge in [-0.3, -0.25) is 0 Å². The average molecular weight is 653 g/mol. The zero-order chi connectivity index (χ0) is 34.5. The van der Waals surface area contributed by atoms with E-state index in [1.165, 1.54) is 16.3 Å². The third-order valence-corrected chi connectivity index (χ3v) is 10.1. The van der Waals surface area contributed by atoms with Crippen LogP contribution in [0.2, 0.25) is 0 Å². The molecule has 9 rings (SSSR count). The van der Waals surface area contributed by atoms with Gasteiger partial charge in [0.25, 0.3) is 0 Å². The van der Waals surface area contributed by atoms with Gasteiger partial charge in [0, 0.05) is 51.8 Å². The van der Waals surface area contributed by atoms with Crippen LogP contribution in [0.5, 0.6) is 0 Å². The minimum atomic E-state index is 0.509. The summed E-state index contributed by atoms with van der Waals surface area (Å²) in [4.78, 5) is 2.30. The summed E-state index contributed by atoms with van der Waals surface area (Å²) >= 11 is 0. The lowest BCUT2D eigenvalue weighted by Crippen LogP contribution is -2.22. The molecule has 2 aliphatic rings. The first kappa shape index (κ1) is 30.2. The van der Waals surface area contributed by atoms with E-state index in [-0.39, 0.29) is 0 Å². The number of nitriles is 2. The Morgan fingerprint density at radius 1 is 0.569 bits per heavy atom. The van der Waals surface area contributed by atoms with Gasteiger partial charge in [-0.25, -0.2) is 0 Å². The van der Waals surface area contributed by atoms with Crippen molar-refractivity contribution in [1.82, 2.24) is 4.57 Å². The summed E-state index contributed by atoms with van der Waals surface area (Å²) in [6.07, 6.45) is 7.70. The van der Waals surface area contributed by atoms with E-state index >= 15 is 0 Å². The van der Waals surface area contributed by atoms with Crippen LogP contribution in [0.25, 0.3) is 44.2 Å². The van der Waals surface area contributed by atoms with E-state index in [2.05, 4.69) is 168 Å². The summed E-state index contributed by atoms with van der Waals surface area (Å²) < 4.78 is 2.38. The molecule has 0 spiro atoms. The summed E-state index contributed by atoms with van der Waals surface area (Å²) in [6, 6.07) is 51.7. The second kappa shape index (κ2) is 12.2. The van der Waals surface area contributed by atoms with Crippen molar-refractivity contribution < 1.29 is 0 Å². The second-order valence-electron chi connectivity index (χ2n) is 13.2. The third-order valence-electron chi connectivity index (χ3n) is 10.1. The lowest BCUT2D eigenvalue weighted by molar-refractivity contribution is 1.05. The predicted molar refractivity (Wildman–Crippen MR) is 208 cm³/mol. The van der Waals surface area contributed by atoms with Crippen LogP contribution in [-0.4, -0.2) is 4.57 Å². The molecule has 4 nitrogen and oxygen atoms in total. The van der Waals surface area contributed by atoms with Crippen LogP contribution in [-0.2, 0) is 6.42 Å². The molecular weight excluding hydrogens is 621 g/mol. The number of nitrogens with zero attached hydrogens (tertiary/aromatic N) is 4. The van der Waals surface area contributed by atoms with Crippen LogP contribution >= 0.6 is 0 Å². The van der Waals surface area contributed by atoms with Crippen LogP contribution in [0.1, 0.15) is 34.2 Å². The molecule has 0 saturated heterocycles. The van der Waals surface area contributed by atoms with Gasteiger partial charge < -0.3 is 9.47 Å². The van der Waals surface area contributed by atoms with Crippen molar-refractivity contribution in [3.63, 3.8) is 0 Å². The number of hydrogen-bond donors (Lipinski definition) is 0. The number of allylic oxidation sites excluding steroid dienone is 5. The molecule has 0 saturated carbocycles. The highest BCUT2D eigenvalue weighted by atomic mass is 15.2. The summed E-state index contributed by atoms with van der Waals surface area (Å²) in [5.41, 5.74) is 15.6. The summed E-state index contributed by atoms with van der Waals surface area (Å²) in [5, 5.41) is 22.5. The highest BCUT2D eigenvalue weighted by molar-refractivity contribution is 6.10. The molecule has 0 amide bonds. The van der Waals surface area contributed by atoms with E-state index in [0.717, 1.165) is 73.6 Å². The molecule has 6 aromatic carbocycles. The molecule has 0 bridgehead atoms. The number of para-hydroxylation sites is 4. The summed E-state index contributed by atoms with van der Waals surface area (Å²) in [7, 11) is 0. The Labute approximate surface area is 297 Å². The van der Waals surface area contributed by atoms with Crippen LogP contribution in [0.15, 0.2) is 163 Å². The fourth-order valence-electron chi connectivity index (χ4n) is 7.83. The maximum absolute atomic E-state index is 10.3. The Kier molecular flexibility index (Phi) is 7.24. The number of anilines is 2. The van der Waals surface area contributed by atoms with Crippen LogP contribution in [0.4, 0.5) is 11.4 Å². The van der Waals surface area contributed by atoms with E-state index in [4.69, 9.17) is 0 Å². The maximum atomic E-state index is 10.3. The van der Waals surface area contributed by atoms with E-state index in [1.54, 1.807) is 0 Å². The first-order valence-electron chi connectivity index (χ1n) is 17.2. The Morgan fingerprint density at radius 2 is 1.25 bits per heavy atom. The molecule has 0 atom stereocenters. The first-order chi connectivity index (χ1) is 25.1. The fraction of sp³-hybridized carbons (Fsp3) is 0.0638. The fourth-order valence-corrected chi connectivity index (χ4v) is 7.83. The van der Waals surface area contributed by atoms with Gasteiger partial charge in [0.1, 0.15) is 0 Å². The Bertz CT molecular complexity index is 2690. The van der Waals surface area contributed by atoms with Gasteiger partial charge in [-0.05, 0) is 89.4 Å². The predicted octanol–water partition coefficient (Wildman–Crippen LogP) is 11.5. The molecule has 240 valence electrons. The van der Waals surface area contributed by atoms with Crippen molar-refractivity contribution in [2.75, 3.05) is 4.90 Å². The van der Waals surface area contributed by atoms with Crippen LogP contribution in [0, 0.1) is 29.6 Å². The summed E-state index contributed by atoms with van der Waals surface area (Å²) in [5.74, 6) is 0. The van der Waals surface area contributed by atoms with Gasteiger partial charge in [-0.15, -0.1) is 0 Å². The molecule has 0 N–H and O–H groups in total. The Morgan fingerprint density at radius 3 is 2.02 bits per heavy atom. The van der Waals surface area contributed by atoms with Crippen molar-refractivity contribution in [1.29, 1.82) is 10.5 Å². The lowest BCUT2D eigenvalue weighted by atomic mass is 9.90. The van der Waals surface area contributed by atoms with Gasteiger partial charge in [0.2, 0.25) is 0 Å². The van der Waals surface area contributed by atoms with Gasteiger partial charge in [-0.1, -0.05) is 103 Å². The number of aryl methyl sites for hydroxylation is 1. The second-order valence-corrected chi connectivity index (χ2v) is 13.2. The van der Waals surface area contributed by atoms with E-state index in [0.29, 0.717) is 17.6 Å². The van der Waals surface area contributed by atoms with Gasteiger partial charge in [-0.2, -0.15) is 10.5 Å². The molecule has 1 aromatic heterocycles. The largest absolute Gasteiger partial charge is 0.310 e. The molecule has 2 heterocycles. The smallest absolute Gasteiger partial charge is 0.0991 e. The van der Waals surface area contributed by atoms with Crippen molar-refractivity contribution in [2.24, 2.45) is 0 Å². The third kappa shape index (κ3) is 5.05. The first-order valence-corrected chi connectivity index (χ1v) is 17.2. The Balaban J connectivity index is 1.26.